The minimum absolute atomic E-state index is 0.136. The minimum Gasteiger partial charge on any atom is -0.487 e. The van der Waals surface area contributed by atoms with Crippen LogP contribution in [-0.2, 0) is 17.8 Å². The SMILES string of the molecule is CC(NCc1ccc2c(c1)CC(C)(C)O2)C(=O)O. The standard InChI is InChI=1S/C14H19NO3/c1-9(13(16)17)15-8-10-4-5-12-11(6-10)7-14(2,3)18-12/h4-6,9,15H,7-8H2,1-3H3,(H,16,17). The van der Waals surface area contributed by atoms with E-state index in [2.05, 4.69) is 25.2 Å². The van der Waals surface area contributed by atoms with Gasteiger partial charge >= 0.3 is 5.97 Å². The van der Waals surface area contributed by atoms with Crippen LogP contribution in [-0.4, -0.2) is 22.7 Å². The first-order chi connectivity index (χ1) is 8.37. The summed E-state index contributed by atoms with van der Waals surface area (Å²) < 4.78 is 5.80. The average Bonchev–Trinajstić information content (AvgIpc) is 2.58. The van der Waals surface area contributed by atoms with Gasteiger partial charge in [-0.3, -0.25) is 4.79 Å². The first kappa shape index (κ1) is 12.9. The van der Waals surface area contributed by atoms with E-state index in [1.807, 2.05) is 12.1 Å². The Hall–Kier alpha value is -1.55. The Bertz CT molecular complexity index is 468. The molecule has 0 spiro atoms. The number of aliphatic carboxylic acids is 1. The van der Waals surface area contributed by atoms with E-state index >= 15 is 0 Å². The van der Waals surface area contributed by atoms with Crippen LogP contribution >= 0.6 is 0 Å². The van der Waals surface area contributed by atoms with Crippen molar-refractivity contribution in [3.05, 3.63) is 29.3 Å². The zero-order chi connectivity index (χ0) is 13.3. The largest absolute Gasteiger partial charge is 0.487 e. The first-order valence-corrected chi connectivity index (χ1v) is 6.14. The Balaban J connectivity index is 2.03. The summed E-state index contributed by atoms with van der Waals surface area (Å²) in [5.74, 6) is 0.107. The molecule has 18 heavy (non-hydrogen) atoms. The summed E-state index contributed by atoms with van der Waals surface area (Å²) in [7, 11) is 0. The van der Waals surface area contributed by atoms with Crippen LogP contribution in [0.4, 0.5) is 0 Å². The van der Waals surface area contributed by atoms with E-state index in [1.54, 1.807) is 6.92 Å². The summed E-state index contributed by atoms with van der Waals surface area (Å²) in [6.07, 6.45) is 0.894. The minimum atomic E-state index is -0.833. The number of rotatable bonds is 4. The van der Waals surface area contributed by atoms with Crippen LogP contribution in [0.5, 0.6) is 5.75 Å². The van der Waals surface area contributed by atoms with Crippen LogP contribution in [0.15, 0.2) is 18.2 Å². The lowest BCUT2D eigenvalue weighted by atomic mass is 10.0. The molecule has 4 nitrogen and oxygen atoms in total. The van der Waals surface area contributed by atoms with Crippen molar-refractivity contribution >= 4 is 5.97 Å². The number of carbonyl (C=O) groups is 1. The fourth-order valence-corrected chi connectivity index (χ4v) is 2.13. The average molecular weight is 249 g/mol. The van der Waals surface area contributed by atoms with E-state index in [1.165, 1.54) is 5.56 Å². The van der Waals surface area contributed by atoms with E-state index in [-0.39, 0.29) is 5.60 Å². The van der Waals surface area contributed by atoms with E-state index in [0.717, 1.165) is 17.7 Å². The fourth-order valence-electron chi connectivity index (χ4n) is 2.13. The predicted octanol–water partition coefficient (Wildman–Crippen LogP) is 1.96. The lowest BCUT2D eigenvalue weighted by molar-refractivity contribution is -0.139. The summed E-state index contributed by atoms with van der Waals surface area (Å²) in [6, 6.07) is 5.49. The highest BCUT2D eigenvalue weighted by atomic mass is 16.5. The molecule has 4 heteroatoms. The number of hydrogen-bond donors (Lipinski definition) is 2. The Morgan fingerprint density at radius 2 is 2.28 bits per heavy atom. The van der Waals surface area contributed by atoms with Crippen LogP contribution in [0, 0.1) is 0 Å². The first-order valence-electron chi connectivity index (χ1n) is 6.14. The van der Waals surface area contributed by atoms with Gasteiger partial charge in [0.15, 0.2) is 0 Å². The van der Waals surface area contributed by atoms with Gasteiger partial charge in [-0.05, 0) is 38.0 Å². The molecule has 1 atom stereocenters. The maximum atomic E-state index is 10.7. The normalized spacial score (nSPS) is 17.9. The molecule has 0 fully saturated rings. The van der Waals surface area contributed by atoms with E-state index in [9.17, 15) is 4.79 Å². The molecular formula is C14H19NO3. The molecule has 0 aromatic heterocycles. The number of benzene rings is 1. The quantitative estimate of drug-likeness (QED) is 0.856. The topological polar surface area (TPSA) is 58.6 Å². The second kappa shape index (κ2) is 4.61. The second-order valence-electron chi connectivity index (χ2n) is 5.42. The van der Waals surface area contributed by atoms with Gasteiger partial charge in [0.1, 0.15) is 17.4 Å². The van der Waals surface area contributed by atoms with E-state index in [4.69, 9.17) is 9.84 Å². The van der Waals surface area contributed by atoms with Gasteiger partial charge in [-0.2, -0.15) is 0 Å². The van der Waals surface area contributed by atoms with E-state index in [0.29, 0.717) is 6.54 Å². The lowest BCUT2D eigenvalue weighted by Crippen LogP contribution is -2.33. The number of fused-ring (bicyclic) bond motifs is 1. The summed E-state index contributed by atoms with van der Waals surface area (Å²) in [4.78, 5) is 10.7. The number of nitrogens with one attached hydrogen (secondary N) is 1. The fraction of sp³-hybridized carbons (Fsp3) is 0.500. The van der Waals surface area contributed by atoms with Crippen LogP contribution in [0.2, 0.25) is 0 Å². The van der Waals surface area contributed by atoms with Crippen molar-refractivity contribution in [1.29, 1.82) is 0 Å². The molecule has 1 aliphatic heterocycles. The molecule has 2 N–H and O–H groups in total. The van der Waals surface area contributed by atoms with Crippen molar-refractivity contribution < 1.29 is 14.6 Å². The zero-order valence-electron chi connectivity index (χ0n) is 11.0. The monoisotopic (exact) mass is 249 g/mol. The third kappa shape index (κ3) is 2.82. The maximum Gasteiger partial charge on any atom is 0.320 e. The van der Waals surface area contributed by atoms with Gasteiger partial charge in [0.25, 0.3) is 0 Å². The van der Waals surface area contributed by atoms with Crippen LogP contribution in [0.1, 0.15) is 31.9 Å². The van der Waals surface area contributed by atoms with Gasteiger partial charge in [0.2, 0.25) is 0 Å². The van der Waals surface area contributed by atoms with Crippen molar-refractivity contribution in [2.45, 2.75) is 45.4 Å². The molecule has 1 unspecified atom stereocenters. The van der Waals surface area contributed by atoms with Gasteiger partial charge in [-0.15, -0.1) is 0 Å². The predicted molar refractivity (Wildman–Crippen MR) is 68.8 cm³/mol. The molecule has 0 radical (unpaired) electrons. The third-order valence-corrected chi connectivity index (χ3v) is 3.11. The molecule has 0 saturated heterocycles. The summed E-state index contributed by atoms with van der Waals surface area (Å²) >= 11 is 0. The number of hydrogen-bond acceptors (Lipinski definition) is 3. The Morgan fingerprint density at radius 3 is 2.94 bits per heavy atom. The van der Waals surface area contributed by atoms with Crippen molar-refractivity contribution in [2.75, 3.05) is 0 Å². The van der Waals surface area contributed by atoms with Gasteiger partial charge in [0, 0.05) is 13.0 Å². The Kier molecular flexibility index (Phi) is 3.30. The molecule has 2 rings (SSSR count). The molecule has 0 aliphatic carbocycles. The smallest absolute Gasteiger partial charge is 0.320 e. The molecule has 1 aliphatic rings. The van der Waals surface area contributed by atoms with Gasteiger partial charge < -0.3 is 15.2 Å². The molecule has 1 aromatic carbocycles. The van der Waals surface area contributed by atoms with Gasteiger partial charge in [-0.1, -0.05) is 12.1 Å². The van der Waals surface area contributed by atoms with Gasteiger partial charge in [-0.25, -0.2) is 0 Å². The highest BCUT2D eigenvalue weighted by Crippen LogP contribution is 2.35. The summed E-state index contributed by atoms with van der Waals surface area (Å²) in [5, 5.41) is 11.8. The van der Waals surface area contributed by atoms with Crippen molar-refractivity contribution in [2.24, 2.45) is 0 Å². The van der Waals surface area contributed by atoms with Crippen LogP contribution in [0.3, 0.4) is 0 Å². The molecule has 0 amide bonds. The molecular weight excluding hydrogens is 230 g/mol. The van der Waals surface area contributed by atoms with Crippen LogP contribution in [0.25, 0.3) is 0 Å². The van der Waals surface area contributed by atoms with Crippen LogP contribution < -0.4 is 10.1 Å². The van der Waals surface area contributed by atoms with Gasteiger partial charge in [0.05, 0.1) is 0 Å². The lowest BCUT2D eigenvalue weighted by Gasteiger charge is -2.16. The molecule has 98 valence electrons. The van der Waals surface area contributed by atoms with Crippen molar-refractivity contribution in [3.63, 3.8) is 0 Å². The third-order valence-electron chi connectivity index (χ3n) is 3.11. The highest BCUT2D eigenvalue weighted by Gasteiger charge is 2.29. The zero-order valence-corrected chi connectivity index (χ0v) is 11.0. The summed E-state index contributed by atoms with van der Waals surface area (Å²) in [5.41, 5.74) is 2.15. The molecule has 0 saturated carbocycles. The molecule has 0 bridgehead atoms. The summed E-state index contributed by atoms with van der Waals surface area (Å²) in [6.45, 7) is 6.33. The Labute approximate surface area is 107 Å². The Morgan fingerprint density at radius 1 is 1.56 bits per heavy atom. The highest BCUT2D eigenvalue weighted by molar-refractivity contribution is 5.72. The molecule has 1 aromatic rings. The second-order valence-corrected chi connectivity index (χ2v) is 5.42. The van der Waals surface area contributed by atoms with Crippen molar-refractivity contribution in [3.8, 4) is 5.75 Å². The number of ether oxygens (including phenoxy) is 1. The van der Waals surface area contributed by atoms with E-state index < -0.39 is 12.0 Å². The number of carboxylic acids is 1. The van der Waals surface area contributed by atoms with Crippen molar-refractivity contribution in [1.82, 2.24) is 5.32 Å². The number of carboxylic acid groups (broad SMARTS) is 1. The maximum absolute atomic E-state index is 10.7. The molecule has 1 heterocycles.